The van der Waals surface area contributed by atoms with Crippen LogP contribution in [-0.2, 0) is 4.79 Å². The summed E-state index contributed by atoms with van der Waals surface area (Å²) in [6.45, 7) is 4.34. The van der Waals surface area contributed by atoms with E-state index in [2.05, 4.69) is 13.8 Å². The molecule has 0 aliphatic rings. The Bertz CT molecular complexity index is 145. The molecule has 0 rings (SSSR count). The SMILES string of the molecule is CCCCCCCCC(C)CC(N)=O. The van der Waals surface area contributed by atoms with Crippen LogP contribution in [0.2, 0.25) is 0 Å². The Balaban J connectivity index is 3.14. The van der Waals surface area contributed by atoms with Crippen molar-refractivity contribution in [1.29, 1.82) is 0 Å². The van der Waals surface area contributed by atoms with Crippen molar-refractivity contribution in [2.24, 2.45) is 11.7 Å². The minimum atomic E-state index is -0.163. The van der Waals surface area contributed by atoms with Crippen molar-refractivity contribution < 1.29 is 4.79 Å². The lowest BCUT2D eigenvalue weighted by molar-refractivity contribution is -0.118. The van der Waals surface area contributed by atoms with Crippen LogP contribution in [0.3, 0.4) is 0 Å². The number of unbranched alkanes of at least 4 members (excludes halogenated alkanes) is 5. The van der Waals surface area contributed by atoms with E-state index in [1.165, 1.54) is 38.5 Å². The van der Waals surface area contributed by atoms with Gasteiger partial charge in [-0.1, -0.05) is 58.8 Å². The van der Waals surface area contributed by atoms with Gasteiger partial charge in [0.15, 0.2) is 0 Å². The van der Waals surface area contributed by atoms with Crippen LogP contribution in [0.25, 0.3) is 0 Å². The summed E-state index contributed by atoms with van der Waals surface area (Å²) in [6.07, 6.45) is 9.62. The molecule has 0 bridgehead atoms. The molecule has 0 aliphatic carbocycles. The fourth-order valence-electron chi connectivity index (χ4n) is 1.72. The zero-order valence-electron chi connectivity index (χ0n) is 9.72. The molecular formula is C12H25NO. The minimum Gasteiger partial charge on any atom is -0.370 e. The molecule has 0 aliphatic heterocycles. The highest BCUT2D eigenvalue weighted by Crippen LogP contribution is 2.14. The molecule has 0 radical (unpaired) electrons. The molecule has 14 heavy (non-hydrogen) atoms. The number of hydrogen-bond donors (Lipinski definition) is 1. The van der Waals surface area contributed by atoms with Gasteiger partial charge in [-0.3, -0.25) is 4.79 Å². The number of nitrogens with two attached hydrogens (primary N) is 1. The number of primary amides is 1. The molecule has 1 unspecified atom stereocenters. The van der Waals surface area contributed by atoms with Gasteiger partial charge in [0.2, 0.25) is 5.91 Å². The van der Waals surface area contributed by atoms with Gasteiger partial charge in [0.05, 0.1) is 0 Å². The summed E-state index contributed by atoms with van der Waals surface area (Å²) >= 11 is 0. The number of rotatable bonds is 9. The third-order valence-electron chi connectivity index (χ3n) is 2.60. The Morgan fingerprint density at radius 1 is 1.14 bits per heavy atom. The fourth-order valence-corrected chi connectivity index (χ4v) is 1.72. The second-order valence-corrected chi connectivity index (χ2v) is 4.33. The quantitative estimate of drug-likeness (QED) is 0.569. The third kappa shape index (κ3) is 9.56. The van der Waals surface area contributed by atoms with Crippen LogP contribution in [0.1, 0.15) is 65.2 Å². The Labute approximate surface area is 88.3 Å². The highest BCUT2D eigenvalue weighted by atomic mass is 16.1. The lowest BCUT2D eigenvalue weighted by Crippen LogP contribution is -2.14. The average Bonchev–Trinajstić information content (AvgIpc) is 2.10. The minimum absolute atomic E-state index is 0.163. The van der Waals surface area contributed by atoms with Crippen LogP contribution in [0.15, 0.2) is 0 Å². The van der Waals surface area contributed by atoms with Crippen LogP contribution in [-0.4, -0.2) is 5.91 Å². The lowest BCUT2D eigenvalue weighted by Gasteiger charge is -2.08. The van der Waals surface area contributed by atoms with Gasteiger partial charge in [-0.15, -0.1) is 0 Å². The van der Waals surface area contributed by atoms with Crippen LogP contribution in [0.4, 0.5) is 0 Å². The highest BCUT2D eigenvalue weighted by Gasteiger charge is 2.04. The molecule has 2 heteroatoms. The van der Waals surface area contributed by atoms with Gasteiger partial charge in [-0.25, -0.2) is 0 Å². The van der Waals surface area contributed by atoms with E-state index in [4.69, 9.17) is 5.73 Å². The van der Waals surface area contributed by atoms with Crippen molar-refractivity contribution in [2.45, 2.75) is 65.2 Å². The van der Waals surface area contributed by atoms with E-state index in [1.807, 2.05) is 0 Å². The first-order valence-corrected chi connectivity index (χ1v) is 5.95. The zero-order valence-corrected chi connectivity index (χ0v) is 9.72. The molecule has 0 aromatic heterocycles. The summed E-state index contributed by atoms with van der Waals surface area (Å²) in [5.74, 6) is 0.308. The van der Waals surface area contributed by atoms with Crippen LogP contribution < -0.4 is 5.73 Å². The van der Waals surface area contributed by atoms with Gasteiger partial charge < -0.3 is 5.73 Å². The molecule has 0 aromatic rings. The maximum absolute atomic E-state index is 10.6. The molecule has 0 aromatic carbocycles. The molecule has 0 heterocycles. The maximum Gasteiger partial charge on any atom is 0.217 e. The van der Waals surface area contributed by atoms with E-state index in [-0.39, 0.29) is 5.91 Å². The smallest absolute Gasteiger partial charge is 0.217 e. The first-order valence-electron chi connectivity index (χ1n) is 5.95. The Hall–Kier alpha value is -0.530. The second-order valence-electron chi connectivity index (χ2n) is 4.33. The zero-order chi connectivity index (χ0) is 10.8. The van der Waals surface area contributed by atoms with E-state index in [9.17, 15) is 4.79 Å². The summed E-state index contributed by atoms with van der Waals surface area (Å²) in [5, 5.41) is 0. The van der Waals surface area contributed by atoms with E-state index >= 15 is 0 Å². The predicted molar refractivity (Wildman–Crippen MR) is 61.0 cm³/mol. The Kier molecular flexibility index (Phi) is 8.70. The topological polar surface area (TPSA) is 43.1 Å². The van der Waals surface area contributed by atoms with Crippen LogP contribution in [0.5, 0.6) is 0 Å². The Morgan fingerprint density at radius 3 is 2.29 bits per heavy atom. The number of carbonyl (C=O) groups is 1. The van der Waals surface area contributed by atoms with Gasteiger partial charge in [-0.05, 0) is 5.92 Å². The van der Waals surface area contributed by atoms with Gasteiger partial charge >= 0.3 is 0 Å². The molecule has 1 atom stereocenters. The third-order valence-corrected chi connectivity index (χ3v) is 2.60. The van der Waals surface area contributed by atoms with E-state index < -0.39 is 0 Å². The van der Waals surface area contributed by atoms with Crippen molar-refractivity contribution in [3.8, 4) is 0 Å². The molecule has 2 nitrogen and oxygen atoms in total. The van der Waals surface area contributed by atoms with E-state index in [1.54, 1.807) is 0 Å². The summed E-state index contributed by atoms with van der Waals surface area (Å²) in [4.78, 5) is 10.6. The van der Waals surface area contributed by atoms with Crippen molar-refractivity contribution in [3.05, 3.63) is 0 Å². The summed E-state index contributed by atoms with van der Waals surface area (Å²) in [6, 6.07) is 0. The Morgan fingerprint density at radius 2 is 1.71 bits per heavy atom. The second kappa shape index (κ2) is 9.04. The molecule has 84 valence electrons. The molecule has 0 spiro atoms. The van der Waals surface area contributed by atoms with Gasteiger partial charge in [0, 0.05) is 6.42 Å². The largest absolute Gasteiger partial charge is 0.370 e. The average molecular weight is 199 g/mol. The summed E-state index contributed by atoms with van der Waals surface area (Å²) < 4.78 is 0. The molecular weight excluding hydrogens is 174 g/mol. The lowest BCUT2D eigenvalue weighted by atomic mass is 9.99. The van der Waals surface area contributed by atoms with Crippen molar-refractivity contribution >= 4 is 5.91 Å². The van der Waals surface area contributed by atoms with Crippen LogP contribution in [0, 0.1) is 5.92 Å². The van der Waals surface area contributed by atoms with Gasteiger partial charge in [0.1, 0.15) is 0 Å². The number of hydrogen-bond acceptors (Lipinski definition) is 1. The molecule has 1 amide bonds. The van der Waals surface area contributed by atoms with E-state index in [0.29, 0.717) is 12.3 Å². The van der Waals surface area contributed by atoms with Crippen molar-refractivity contribution in [2.75, 3.05) is 0 Å². The van der Waals surface area contributed by atoms with Crippen molar-refractivity contribution in [1.82, 2.24) is 0 Å². The monoisotopic (exact) mass is 199 g/mol. The molecule has 0 saturated carbocycles. The van der Waals surface area contributed by atoms with Crippen molar-refractivity contribution in [3.63, 3.8) is 0 Å². The number of amides is 1. The van der Waals surface area contributed by atoms with Crippen LogP contribution >= 0.6 is 0 Å². The fraction of sp³-hybridized carbons (Fsp3) is 0.917. The van der Waals surface area contributed by atoms with Gasteiger partial charge in [-0.2, -0.15) is 0 Å². The van der Waals surface area contributed by atoms with Gasteiger partial charge in [0.25, 0.3) is 0 Å². The first kappa shape index (κ1) is 13.5. The molecule has 0 saturated heterocycles. The maximum atomic E-state index is 10.6. The highest BCUT2D eigenvalue weighted by molar-refractivity contribution is 5.73. The molecule has 2 N–H and O–H groups in total. The van der Waals surface area contributed by atoms with E-state index in [0.717, 1.165) is 6.42 Å². The first-order chi connectivity index (χ1) is 6.66. The normalized spacial score (nSPS) is 12.7. The summed E-state index contributed by atoms with van der Waals surface area (Å²) in [5.41, 5.74) is 5.12. The molecule has 0 fully saturated rings. The number of carbonyl (C=O) groups excluding carboxylic acids is 1. The standard InChI is InChI=1S/C12H25NO/c1-3-4-5-6-7-8-9-11(2)10-12(13)14/h11H,3-10H2,1-2H3,(H2,13,14). The predicted octanol–water partition coefficient (Wildman–Crippen LogP) is 3.25. The summed E-state index contributed by atoms with van der Waals surface area (Å²) in [7, 11) is 0.